The Labute approximate surface area is 520 Å². The van der Waals surface area contributed by atoms with Crippen LogP contribution < -0.4 is 25.8 Å². The van der Waals surface area contributed by atoms with Gasteiger partial charge < -0.3 is 44.7 Å². The summed E-state index contributed by atoms with van der Waals surface area (Å²) in [5.74, 6) is 1.62. The highest BCUT2D eigenvalue weighted by atomic mass is 32.1. The predicted octanol–water partition coefficient (Wildman–Crippen LogP) is 11.2. The van der Waals surface area contributed by atoms with Gasteiger partial charge in [0, 0.05) is 53.2 Å². The fraction of sp³-hybridized carbons (Fsp3) is 0.508. The molecule has 23 heteroatoms. The molecule has 2 aliphatic heterocycles. The molecule has 12 rings (SSSR count). The quantitative estimate of drug-likeness (QED) is 0.0700. The van der Waals surface area contributed by atoms with Crippen molar-refractivity contribution in [2.45, 2.75) is 167 Å². The number of aliphatic hydroxyl groups is 1. The third-order valence-corrected chi connectivity index (χ3v) is 20.1. The monoisotopic (exact) mass is 1230 g/mol. The molecule has 7 heterocycles. The van der Waals surface area contributed by atoms with E-state index in [1.165, 1.54) is 16.2 Å². The van der Waals surface area contributed by atoms with E-state index in [0.717, 1.165) is 127 Å². The SMILES string of the molecule is Cc1ncsc1-c1ccc([C@H](C)NC(=O)[C@@H]2C[C@@H](O)CN2C(=O)[C@@H](n2cc(C3CCN(CC4(COc5cc(Oc6ccc(NC(=O)OC(C)(C)C)cc6)nc(-c6noc7c6CCC[C@@]76CCCc7sc(N)c(C#N)c76)n5)CC4)CC3)nn2)C(C)(C)C)cc1. The number of nitriles is 1. The van der Waals surface area contributed by atoms with Gasteiger partial charge in [-0.05, 0) is 158 Å². The van der Waals surface area contributed by atoms with Gasteiger partial charge in [0.2, 0.25) is 23.6 Å². The summed E-state index contributed by atoms with van der Waals surface area (Å²) in [6.45, 7) is 18.3. The minimum Gasteiger partial charge on any atom is -0.477 e. The average Bonchev–Trinajstić information content (AvgIpc) is 1.58. The number of hydrogen-bond donors (Lipinski definition) is 4. The summed E-state index contributed by atoms with van der Waals surface area (Å²) < 4.78 is 26.6. The van der Waals surface area contributed by atoms with Crippen molar-refractivity contribution in [1.29, 1.82) is 5.26 Å². The van der Waals surface area contributed by atoms with Crippen LogP contribution in [0.15, 0.2) is 70.8 Å². The molecule has 0 unspecified atom stereocenters. The number of thiophene rings is 1. The molecule has 3 fully saturated rings. The third kappa shape index (κ3) is 12.5. The lowest BCUT2D eigenvalue weighted by Crippen LogP contribution is -2.50. The number of nitrogens with zero attached hydrogens (tertiary/aromatic N) is 10. The van der Waals surface area contributed by atoms with Crippen molar-refractivity contribution in [3.8, 4) is 45.5 Å². The van der Waals surface area contributed by atoms with Crippen LogP contribution in [0, 0.1) is 29.1 Å². The third-order valence-electron chi connectivity index (χ3n) is 18.0. The lowest BCUT2D eigenvalue weighted by Gasteiger charge is -2.39. The number of piperidine rings is 1. The molecule has 1 spiro atoms. The van der Waals surface area contributed by atoms with Crippen LogP contribution in [0.4, 0.5) is 15.5 Å². The maximum atomic E-state index is 14.8. The van der Waals surface area contributed by atoms with Crippen LogP contribution in [0.3, 0.4) is 0 Å². The Morgan fingerprint density at radius 2 is 1.70 bits per heavy atom. The Hall–Kier alpha value is -7.78. The van der Waals surface area contributed by atoms with E-state index in [0.29, 0.717) is 52.4 Å². The number of carbonyl (C=O) groups is 3. The zero-order chi connectivity index (χ0) is 61.9. The molecule has 5 aromatic heterocycles. The first kappa shape index (κ1) is 60.5. The van der Waals surface area contributed by atoms with Gasteiger partial charge in [0.25, 0.3) is 0 Å². The van der Waals surface area contributed by atoms with Crippen molar-refractivity contribution in [2.75, 3.05) is 43.8 Å². The number of thiazole rings is 1. The fourth-order valence-electron chi connectivity index (χ4n) is 13.5. The van der Waals surface area contributed by atoms with Crippen molar-refractivity contribution in [1.82, 2.24) is 50.2 Å². The number of aryl methyl sites for hydroxylation is 2. The van der Waals surface area contributed by atoms with E-state index < -0.39 is 40.7 Å². The van der Waals surface area contributed by atoms with Crippen molar-refractivity contribution in [2.24, 2.45) is 10.8 Å². The number of hydrogen-bond acceptors (Lipinski definition) is 19. The minimum atomic E-state index is -0.851. The van der Waals surface area contributed by atoms with E-state index in [1.807, 2.05) is 70.6 Å². The molecule has 5 aliphatic rings. The molecule has 5 atom stereocenters. The maximum absolute atomic E-state index is 14.8. The molecule has 88 heavy (non-hydrogen) atoms. The van der Waals surface area contributed by atoms with Crippen molar-refractivity contribution < 1.29 is 38.2 Å². The van der Waals surface area contributed by atoms with E-state index in [2.05, 4.69) is 42.1 Å². The van der Waals surface area contributed by atoms with E-state index in [9.17, 15) is 24.8 Å². The lowest BCUT2D eigenvalue weighted by atomic mass is 9.63. The largest absolute Gasteiger partial charge is 0.477 e. The highest BCUT2D eigenvalue weighted by Crippen LogP contribution is 2.55. The van der Waals surface area contributed by atoms with Crippen LogP contribution in [0.25, 0.3) is 22.0 Å². The fourth-order valence-corrected chi connectivity index (χ4v) is 15.4. The molecular formula is C65H77N13O8S2. The van der Waals surface area contributed by atoms with E-state index in [-0.39, 0.29) is 48.0 Å². The number of carbonyl (C=O) groups excluding carboxylic acids is 3. The van der Waals surface area contributed by atoms with Crippen LogP contribution in [-0.4, -0.2) is 118 Å². The number of β-amino-alcohol motifs (C(OH)–C–C–N with tert-alkyl or cyclic N) is 1. The molecule has 7 aromatic rings. The van der Waals surface area contributed by atoms with Crippen LogP contribution in [0.1, 0.15) is 169 Å². The number of rotatable bonds is 16. The molecule has 462 valence electrons. The van der Waals surface area contributed by atoms with E-state index in [1.54, 1.807) is 67.1 Å². The van der Waals surface area contributed by atoms with Gasteiger partial charge >= 0.3 is 6.09 Å². The number of fused-ring (bicyclic) bond motifs is 4. The highest BCUT2D eigenvalue weighted by molar-refractivity contribution is 7.16. The number of benzene rings is 2. The number of aromatic nitrogens is 7. The molecule has 3 aliphatic carbocycles. The van der Waals surface area contributed by atoms with Crippen molar-refractivity contribution in [3.05, 3.63) is 111 Å². The van der Waals surface area contributed by atoms with Crippen LogP contribution in [0.5, 0.6) is 17.5 Å². The number of nitrogens with two attached hydrogens (primary N) is 1. The van der Waals surface area contributed by atoms with E-state index >= 15 is 0 Å². The van der Waals surface area contributed by atoms with Gasteiger partial charge in [-0.1, -0.05) is 55.4 Å². The second-order valence-electron chi connectivity index (χ2n) is 26.7. The zero-order valence-corrected chi connectivity index (χ0v) is 52.9. The Balaban J connectivity index is 0.710. The zero-order valence-electron chi connectivity index (χ0n) is 51.2. The summed E-state index contributed by atoms with van der Waals surface area (Å²) in [6.07, 6.45) is 9.29. The molecule has 21 nitrogen and oxygen atoms in total. The first-order valence-corrected chi connectivity index (χ1v) is 32.3. The first-order chi connectivity index (χ1) is 42.1. The number of nitrogens with one attached hydrogen (secondary N) is 2. The van der Waals surface area contributed by atoms with Gasteiger partial charge in [0.05, 0.1) is 57.6 Å². The number of nitrogen functional groups attached to an aromatic ring is 1. The van der Waals surface area contributed by atoms with Gasteiger partial charge in [-0.2, -0.15) is 15.2 Å². The number of aliphatic hydroxyl groups excluding tert-OH is 1. The molecule has 0 bridgehead atoms. The van der Waals surface area contributed by atoms with Gasteiger partial charge in [-0.15, -0.1) is 27.8 Å². The summed E-state index contributed by atoms with van der Waals surface area (Å²) in [4.78, 5) is 61.9. The summed E-state index contributed by atoms with van der Waals surface area (Å²) in [5.41, 5.74) is 13.7. The highest BCUT2D eigenvalue weighted by Gasteiger charge is 2.50. The Bertz CT molecular complexity index is 3760. The first-order valence-electron chi connectivity index (χ1n) is 30.6. The molecule has 2 saturated heterocycles. The van der Waals surface area contributed by atoms with Crippen LogP contribution in [0.2, 0.25) is 0 Å². The number of ether oxygens (including phenoxy) is 3. The van der Waals surface area contributed by atoms with E-state index in [4.69, 9.17) is 34.4 Å². The van der Waals surface area contributed by atoms with Gasteiger partial charge in [-0.3, -0.25) is 14.9 Å². The van der Waals surface area contributed by atoms with Crippen molar-refractivity contribution >= 4 is 51.3 Å². The summed E-state index contributed by atoms with van der Waals surface area (Å²) in [7, 11) is 0. The Kier molecular flexibility index (Phi) is 16.5. The number of amides is 3. The summed E-state index contributed by atoms with van der Waals surface area (Å²) in [5, 5.41) is 41.7. The summed E-state index contributed by atoms with van der Waals surface area (Å²) >= 11 is 3.09. The lowest BCUT2D eigenvalue weighted by molar-refractivity contribution is -0.144. The number of likely N-dealkylation sites (tertiary alicyclic amines) is 2. The molecule has 5 N–H and O–H groups in total. The predicted molar refractivity (Wildman–Crippen MR) is 333 cm³/mol. The van der Waals surface area contributed by atoms with Crippen LogP contribution >= 0.6 is 22.7 Å². The standard InChI is InChI=1S/C65H77N13O8S2/c1-37(39-13-15-41(16-14-39)54-38(2)68-36-87-54)69-59(80)48-29-43(79)32-77(48)60(81)55(62(3,4)5)78-33-47(73-75-78)40-21-27-76(28-22-40)34-64(25-26-64)35-83-50-30-51(84-44-19-17-42(18-20-44)70-61(82)85-63(6,7)8)72-58(71-50)53-45-11-9-23-65(56(45)86-74-53)24-10-12-49-52(65)46(31-66)57(67)88-49/h13-20,30,33,36-37,40,43,48,55,79H,9-12,21-29,32,34-35,67H2,1-8H3,(H,69,80)(H,70,82)/t37-,43+,48-,55+,65-/m0/s1. The van der Waals surface area contributed by atoms with Crippen molar-refractivity contribution in [3.63, 3.8) is 0 Å². The second-order valence-corrected chi connectivity index (χ2v) is 28.7. The topological polar surface area (TPSA) is 275 Å². The molecular weight excluding hydrogens is 1150 g/mol. The molecule has 2 aromatic carbocycles. The minimum absolute atomic E-state index is 0.0438. The molecule has 1 saturated carbocycles. The normalized spacial score (nSPS) is 20.8. The van der Waals surface area contributed by atoms with Gasteiger partial charge in [0.1, 0.15) is 34.5 Å². The summed E-state index contributed by atoms with van der Waals surface area (Å²) in [6, 6.07) is 17.1. The van der Waals surface area contributed by atoms with Gasteiger partial charge in [0.15, 0.2) is 17.3 Å². The Morgan fingerprint density at radius 1 is 0.977 bits per heavy atom. The second kappa shape index (κ2) is 24.0. The Morgan fingerprint density at radius 3 is 2.39 bits per heavy atom. The van der Waals surface area contributed by atoms with Crippen LogP contribution in [-0.2, 0) is 32.6 Å². The number of anilines is 2. The average molecular weight is 1230 g/mol. The molecule has 0 radical (unpaired) electrons. The van der Waals surface area contributed by atoms with Gasteiger partial charge in [-0.25, -0.2) is 14.5 Å². The smallest absolute Gasteiger partial charge is 0.412 e. The maximum Gasteiger partial charge on any atom is 0.412 e. The molecule has 3 amide bonds.